The van der Waals surface area contributed by atoms with Crippen molar-refractivity contribution in [2.75, 3.05) is 13.1 Å². The summed E-state index contributed by atoms with van der Waals surface area (Å²) in [5.74, 6) is -5.47. The Hall–Kier alpha value is -1.63. The second-order valence-corrected chi connectivity index (χ2v) is 4.84. The number of thiocarbonyl (C=S) groups is 1. The summed E-state index contributed by atoms with van der Waals surface area (Å²) < 4.78 is 39.6. The Labute approximate surface area is 120 Å². The summed E-state index contributed by atoms with van der Waals surface area (Å²) in [6.45, 7) is 3.86. The van der Waals surface area contributed by atoms with Crippen LogP contribution >= 0.6 is 12.2 Å². The van der Waals surface area contributed by atoms with E-state index < -0.39 is 28.9 Å². The van der Waals surface area contributed by atoms with Crippen molar-refractivity contribution in [1.29, 1.82) is 0 Å². The maximum absolute atomic E-state index is 13.6. The molecule has 0 aliphatic rings. The SMILES string of the molecule is CCN(CC(C)C(N)=S)C(=O)c1ccc(F)c(F)c1F. The first kappa shape index (κ1) is 16.4. The zero-order valence-corrected chi connectivity index (χ0v) is 11.9. The predicted octanol–water partition coefficient (Wildman–Crippen LogP) is 2.49. The highest BCUT2D eigenvalue weighted by atomic mass is 32.1. The zero-order valence-electron chi connectivity index (χ0n) is 11.1. The van der Waals surface area contributed by atoms with Crippen LogP contribution in [0, 0.1) is 23.4 Å². The van der Waals surface area contributed by atoms with E-state index in [0.29, 0.717) is 0 Å². The van der Waals surface area contributed by atoms with Crippen LogP contribution in [0.4, 0.5) is 13.2 Å². The number of carbonyl (C=O) groups excluding carboxylic acids is 1. The number of nitrogens with zero attached hydrogens (tertiary/aromatic N) is 1. The van der Waals surface area contributed by atoms with Gasteiger partial charge in [0, 0.05) is 19.0 Å². The maximum Gasteiger partial charge on any atom is 0.256 e. The van der Waals surface area contributed by atoms with Gasteiger partial charge in [-0.2, -0.15) is 0 Å². The van der Waals surface area contributed by atoms with E-state index in [0.717, 1.165) is 12.1 Å². The van der Waals surface area contributed by atoms with Crippen molar-refractivity contribution in [3.63, 3.8) is 0 Å². The van der Waals surface area contributed by atoms with Gasteiger partial charge >= 0.3 is 0 Å². The van der Waals surface area contributed by atoms with Crippen molar-refractivity contribution in [2.45, 2.75) is 13.8 Å². The lowest BCUT2D eigenvalue weighted by Gasteiger charge is -2.24. The second-order valence-electron chi connectivity index (χ2n) is 4.37. The topological polar surface area (TPSA) is 46.3 Å². The van der Waals surface area contributed by atoms with Gasteiger partial charge in [0.1, 0.15) is 0 Å². The van der Waals surface area contributed by atoms with Gasteiger partial charge in [0.25, 0.3) is 5.91 Å². The van der Waals surface area contributed by atoms with Crippen LogP contribution < -0.4 is 5.73 Å². The van der Waals surface area contributed by atoms with Gasteiger partial charge in [0.15, 0.2) is 17.5 Å². The Bertz CT molecular complexity index is 537. The molecule has 0 spiro atoms. The highest BCUT2D eigenvalue weighted by Crippen LogP contribution is 2.17. The molecule has 0 saturated heterocycles. The molecule has 0 radical (unpaired) electrons. The number of hydrogen-bond acceptors (Lipinski definition) is 2. The molecule has 1 unspecified atom stereocenters. The summed E-state index contributed by atoms with van der Waals surface area (Å²) in [6.07, 6.45) is 0. The number of hydrogen-bond donors (Lipinski definition) is 1. The van der Waals surface area contributed by atoms with E-state index in [1.165, 1.54) is 4.90 Å². The molecular weight excluding hydrogens is 289 g/mol. The Balaban J connectivity index is 3.03. The Morgan fingerprint density at radius 2 is 1.95 bits per heavy atom. The van der Waals surface area contributed by atoms with Gasteiger partial charge in [-0.1, -0.05) is 19.1 Å². The lowest BCUT2D eigenvalue weighted by molar-refractivity contribution is 0.0748. The fraction of sp³-hybridized carbons (Fsp3) is 0.385. The number of halogens is 3. The number of rotatable bonds is 5. The first-order chi connectivity index (χ1) is 9.29. The third-order valence-corrected chi connectivity index (χ3v) is 3.32. The molecule has 1 amide bonds. The van der Waals surface area contributed by atoms with Crippen LogP contribution in [0.5, 0.6) is 0 Å². The molecule has 0 fully saturated rings. The Kier molecular flexibility index (Phi) is 5.50. The number of benzene rings is 1. The summed E-state index contributed by atoms with van der Waals surface area (Å²) in [6, 6.07) is 1.64. The van der Waals surface area contributed by atoms with E-state index in [2.05, 4.69) is 0 Å². The van der Waals surface area contributed by atoms with Crippen LogP contribution in [0.1, 0.15) is 24.2 Å². The standard InChI is InChI=1S/C13H15F3N2OS/c1-3-18(6-7(2)12(17)20)13(19)8-4-5-9(14)11(16)10(8)15/h4-5,7H,3,6H2,1-2H3,(H2,17,20). The highest BCUT2D eigenvalue weighted by Gasteiger charge is 2.24. The molecule has 3 nitrogen and oxygen atoms in total. The molecule has 0 heterocycles. The van der Waals surface area contributed by atoms with Crippen LogP contribution in [-0.2, 0) is 0 Å². The monoisotopic (exact) mass is 304 g/mol. The van der Waals surface area contributed by atoms with Gasteiger partial charge in [-0.3, -0.25) is 4.79 Å². The van der Waals surface area contributed by atoms with Gasteiger partial charge in [0.2, 0.25) is 0 Å². The molecule has 1 atom stereocenters. The first-order valence-corrected chi connectivity index (χ1v) is 6.42. The fourth-order valence-electron chi connectivity index (χ4n) is 1.64. The molecule has 1 aromatic rings. The third-order valence-electron chi connectivity index (χ3n) is 2.91. The van der Waals surface area contributed by atoms with Crippen LogP contribution in [0.2, 0.25) is 0 Å². The summed E-state index contributed by atoms with van der Waals surface area (Å²) in [5, 5.41) is 0. The molecular formula is C13H15F3N2OS. The highest BCUT2D eigenvalue weighted by molar-refractivity contribution is 7.80. The van der Waals surface area contributed by atoms with Crippen molar-refractivity contribution in [1.82, 2.24) is 4.90 Å². The Morgan fingerprint density at radius 1 is 1.35 bits per heavy atom. The van der Waals surface area contributed by atoms with Gasteiger partial charge in [-0.05, 0) is 19.1 Å². The minimum Gasteiger partial charge on any atom is -0.393 e. The van der Waals surface area contributed by atoms with Crippen LogP contribution in [-0.4, -0.2) is 28.9 Å². The number of amides is 1. The Morgan fingerprint density at radius 3 is 2.45 bits per heavy atom. The molecule has 110 valence electrons. The molecule has 0 bridgehead atoms. The molecule has 20 heavy (non-hydrogen) atoms. The van der Waals surface area contributed by atoms with E-state index in [4.69, 9.17) is 18.0 Å². The lowest BCUT2D eigenvalue weighted by atomic mass is 10.1. The quantitative estimate of drug-likeness (QED) is 0.671. The molecule has 1 rings (SSSR count). The average Bonchev–Trinajstić information content (AvgIpc) is 2.41. The van der Waals surface area contributed by atoms with Crippen molar-refractivity contribution < 1.29 is 18.0 Å². The summed E-state index contributed by atoms with van der Waals surface area (Å²) >= 11 is 4.81. The van der Waals surface area contributed by atoms with E-state index in [9.17, 15) is 18.0 Å². The average molecular weight is 304 g/mol. The van der Waals surface area contributed by atoms with Crippen LogP contribution in [0.25, 0.3) is 0 Å². The fourth-order valence-corrected chi connectivity index (χ4v) is 1.71. The van der Waals surface area contributed by atoms with Crippen molar-refractivity contribution in [3.05, 3.63) is 35.1 Å². The second kappa shape index (κ2) is 6.69. The molecule has 0 saturated carbocycles. The van der Waals surface area contributed by atoms with Crippen LogP contribution in [0.3, 0.4) is 0 Å². The first-order valence-electron chi connectivity index (χ1n) is 6.01. The van der Waals surface area contributed by atoms with Gasteiger partial charge in [-0.25, -0.2) is 13.2 Å². The van der Waals surface area contributed by atoms with E-state index in [-0.39, 0.29) is 24.0 Å². The van der Waals surface area contributed by atoms with E-state index in [1.54, 1.807) is 13.8 Å². The minimum atomic E-state index is -1.66. The zero-order chi connectivity index (χ0) is 15.4. The smallest absolute Gasteiger partial charge is 0.256 e. The van der Waals surface area contributed by atoms with Gasteiger partial charge in [0.05, 0.1) is 10.6 Å². The van der Waals surface area contributed by atoms with Crippen molar-refractivity contribution in [3.8, 4) is 0 Å². The largest absolute Gasteiger partial charge is 0.393 e. The maximum atomic E-state index is 13.6. The molecule has 0 aliphatic heterocycles. The summed E-state index contributed by atoms with van der Waals surface area (Å²) in [4.78, 5) is 13.6. The van der Waals surface area contributed by atoms with Gasteiger partial charge < -0.3 is 10.6 Å². The van der Waals surface area contributed by atoms with Crippen LogP contribution in [0.15, 0.2) is 12.1 Å². The molecule has 7 heteroatoms. The lowest BCUT2D eigenvalue weighted by Crippen LogP contribution is -2.38. The predicted molar refractivity (Wildman–Crippen MR) is 73.8 cm³/mol. The van der Waals surface area contributed by atoms with Crippen molar-refractivity contribution in [2.24, 2.45) is 11.7 Å². The molecule has 0 aliphatic carbocycles. The van der Waals surface area contributed by atoms with E-state index in [1.807, 2.05) is 0 Å². The normalized spacial score (nSPS) is 12.1. The molecule has 2 N–H and O–H groups in total. The van der Waals surface area contributed by atoms with Crippen molar-refractivity contribution >= 4 is 23.1 Å². The van der Waals surface area contributed by atoms with E-state index >= 15 is 0 Å². The summed E-state index contributed by atoms with van der Waals surface area (Å²) in [5.41, 5.74) is 4.95. The van der Waals surface area contributed by atoms with Gasteiger partial charge in [-0.15, -0.1) is 0 Å². The number of carbonyl (C=O) groups is 1. The minimum absolute atomic E-state index is 0.184. The third kappa shape index (κ3) is 3.47. The number of nitrogens with two attached hydrogens (primary N) is 1. The molecule has 1 aromatic carbocycles. The molecule has 0 aromatic heterocycles. The summed E-state index contributed by atoms with van der Waals surface area (Å²) in [7, 11) is 0.